The summed E-state index contributed by atoms with van der Waals surface area (Å²) < 4.78 is 22.8. The Balaban J connectivity index is 2.78. The van der Waals surface area contributed by atoms with Gasteiger partial charge in [-0.15, -0.1) is 0 Å². The Morgan fingerprint density at radius 2 is 1.92 bits per heavy atom. The van der Waals surface area contributed by atoms with Crippen molar-refractivity contribution in [3.8, 4) is 0 Å². The quantitative estimate of drug-likeness (QED) is 0.547. The van der Waals surface area contributed by atoms with Crippen molar-refractivity contribution in [2.75, 3.05) is 25.1 Å². The van der Waals surface area contributed by atoms with Crippen LogP contribution in [0.4, 0.5) is 0 Å². The zero-order valence-corrected chi connectivity index (χ0v) is 17.2. The summed E-state index contributed by atoms with van der Waals surface area (Å²) in [6, 6.07) is 8.44. The highest BCUT2D eigenvalue weighted by molar-refractivity contribution is 7.90. The van der Waals surface area contributed by atoms with E-state index < -0.39 is 9.84 Å². The van der Waals surface area contributed by atoms with Gasteiger partial charge in [-0.3, -0.25) is 4.99 Å². The molecule has 6 heteroatoms. The first-order valence-electron chi connectivity index (χ1n) is 8.82. The van der Waals surface area contributed by atoms with Crippen LogP contribution in [0.5, 0.6) is 0 Å². The molecule has 0 aliphatic heterocycles. The molecule has 0 bridgehead atoms. The van der Waals surface area contributed by atoms with Gasteiger partial charge < -0.3 is 10.6 Å². The minimum atomic E-state index is -2.95. The molecule has 0 radical (unpaired) electrons. The standard InChI is InChI=1S/C19H33N3O2S/c1-7-20-18(21-14-19(4,5)12-13-25(6,23)24)22-16(3)17-11-9-8-10-15(17)2/h8-11,16H,7,12-14H2,1-6H3,(H2,20,21,22). The third-order valence-corrected chi connectivity index (χ3v) is 5.11. The van der Waals surface area contributed by atoms with Crippen molar-refractivity contribution in [3.63, 3.8) is 0 Å². The van der Waals surface area contributed by atoms with Gasteiger partial charge in [-0.25, -0.2) is 8.42 Å². The molecule has 0 saturated heterocycles. The second-order valence-corrected chi connectivity index (χ2v) is 9.72. The topological polar surface area (TPSA) is 70.6 Å². The maximum absolute atomic E-state index is 11.4. The first kappa shape index (κ1) is 21.5. The van der Waals surface area contributed by atoms with Crippen molar-refractivity contribution in [1.82, 2.24) is 10.6 Å². The van der Waals surface area contributed by atoms with E-state index in [0.29, 0.717) is 13.0 Å². The SMILES string of the molecule is CCNC(=NCC(C)(C)CCS(C)(=O)=O)NC(C)c1ccccc1C. The van der Waals surface area contributed by atoms with Crippen LogP contribution in [-0.2, 0) is 9.84 Å². The number of aryl methyl sites for hydroxylation is 1. The van der Waals surface area contributed by atoms with Gasteiger partial charge in [0.25, 0.3) is 0 Å². The number of aliphatic imine (C=N–C) groups is 1. The van der Waals surface area contributed by atoms with Crippen molar-refractivity contribution in [2.45, 2.75) is 47.1 Å². The highest BCUT2D eigenvalue weighted by Crippen LogP contribution is 2.22. The molecule has 5 nitrogen and oxygen atoms in total. The van der Waals surface area contributed by atoms with Crippen molar-refractivity contribution in [3.05, 3.63) is 35.4 Å². The molecule has 0 aliphatic rings. The average Bonchev–Trinajstić information content (AvgIpc) is 2.51. The van der Waals surface area contributed by atoms with Gasteiger partial charge in [-0.05, 0) is 43.7 Å². The van der Waals surface area contributed by atoms with Gasteiger partial charge in [-0.1, -0.05) is 38.1 Å². The average molecular weight is 368 g/mol. The monoisotopic (exact) mass is 367 g/mol. The van der Waals surface area contributed by atoms with Gasteiger partial charge in [0.15, 0.2) is 5.96 Å². The third-order valence-electron chi connectivity index (χ3n) is 4.17. The zero-order valence-electron chi connectivity index (χ0n) is 16.4. The normalized spacial score (nSPS) is 14.2. The van der Waals surface area contributed by atoms with Gasteiger partial charge in [-0.2, -0.15) is 0 Å². The number of benzene rings is 1. The second kappa shape index (κ2) is 9.22. The van der Waals surface area contributed by atoms with E-state index in [0.717, 1.165) is 12.5 Å². The van der Waals surface area contributed by atoms with Crippen LogP contribution in [0.2, 0.25) is 0 Å². The Labute approximate surface area is 153 Å². The smallest absolute Gasteiger partial charge is 0.191 e. The molecule has 1 aromatic rings. The first-order chi connectivity index (χ1) is 11.5. The van der Waals surface area contributed by atoms with Gasteiger partial charge in [0.1, 0.15) is 9.84 Å². The van der Waals surface area contributed by atoms with Gasteiger partial charge >= 0.3 is 0 Å². The number of nitrogens with zero attached hydrogens (tertiary/aromatic N) is 1. The maximum atomic E-state index is 11.4. The van der Waals surface area contributed by atoms with Crippen LogP contribution >= 0.6 is 0 Å². The minimum absolute atomic E-state index is 0.137. The number of nitrogens with one attached hydrogen (secondary N) is 2. The van der Waals surface area contributed by atoms with Crippen molar-refractivity contribution in [2.24, 2.45) is 10.4 Å². The Kier molecular flexibility index (Phi) is 7.93. The summed E-state index contributed by atoms with van der Waals surface area (Å²) in [5.41, 5.74) is 2.31. The van der Waals surface area contributed by atoms with Crippen LogP contribution in [0.25, 0.3) is 0 Å². The molecule has 1 unspecified atom stereocenters. The molecular weight excluding hydrogens is 334 g/mol. The molecule has 0 heterocycles. The Morgan fingerprint density at radius 1 is 1.28 bits per heavy atom. The molecule has 0 saturated carbocycles. The Morgan fingerprint density at radius 3 is 2.48 bits per heavy atom. The number of hydrogen-bond acceptors (Lipinski definition) is 3. The van der Waals surface area contributed by atoms with E-state index in [1.807, 2.05) is 19.1 Å². The number of hydrogen-bond donors (Lipinski definition) is 2. The van der Waals surface area contributed by atoms with E-state index in [-0.39, 0.29) is 17.2 Å². The number of guanidine groups is 1. The lowest BCUT2D eigenvalue weighted by molar-refractivity contribution is 0.365. The lowest BCUT2D eigenvalue weighted by Gasteiger charge is -2.24. The summed E-state index contributed by atoms with van der Waals surface area (Å²) in [4.78, 5) is 4.68. The number of rotatable bonds is 8. The molecule has 1 rings (SSSR count). The minimum Gasteiger partial charge on any atom is -0.357 e. The fourth-order valence-corrected chi connectivity index (χ4v) is 3.43. The molecule has 0 aromatic heterocycles. The summed E-state index contributed by atoms with van der Waals surface area (Å²) in [5.74, 6) is 0.949. The highest BCUT2D eigenvalue weighted by atomic mass is 32.2. The van der Waals surface area contributed by atoms with Gasteiger partial charge in [0, 0.05) is 19.3 Å². The fourth-order valence-electron chi connectivity index (χ4n) is 2.51. The summed E-state index contributed by atoms with van der Waals surface area (Å²) in [6.45, 7) is 11.7. The zero-order chi connectivity index (χ0) is 19.1. The molecule has 0 spiro atoms. The van der Waals surface area contributed by atoms with Crippen LogP contribution in [0.15, 0.2) is 29.3 Å². The molecule has 1 aromatic carbocycles. The van der Waals surface area contributed by atoms with Gasteiger partial charge in [0.05, 0.1) is 11.8 Å². The lowest BCUT2D eigenvalue weighted by atomic mass is 9.90. The molecule has 1 atom stereocenters. The summed E-state index contributed by atoms with van der Waals surface area (Å²) in [7, 11) is -2.95. The van der Waals surface area contributed by atoms with Crippen molar-refractivity contribution < 1.29 is 8.42 Å². The molecule has 0 aliphatic carbocycles. The van der Waals surface area contributed by atoms with Crippen LogP contribution in [0, 0.1) is 12.3 Å². The van der Waals surface area contributed by atoms with Crippen LogP contribution < -0.4 is 10.6 Å². The van der Waals surface area contributed by atoms with E-state index >= 15 is 0 Å². The van der Waals surface area contributed by atoms with Crippen molar-refractivity contribution in [1.29, 1.82) is 0 Å². The predicted octanol–water partition coefficient (Wildman–Crippen LogP) is 3.07. The largest absolute Gasteiger partial charge is 0.357 e. The Bertz CT molecular complexity index is 682. The summed E-state index contributed by atoms with van der Waals surface area (Å²) >= 11 is 0. The molecule has 0 amide bonds. The predicted molar refractivity (Wildman–Crippen MR) is 107 cm³/mol. The van der Waals surface area contributed by atoms with E-state index in [9.17, 15) is 8.42 Å². The highest BCUT2D eigenvalue weighted by Gasteiger charge is 2.20. The van der Waals surface area contributed by atoms with E-state index in [2.05, 4.69) is 55.5 Å². The van der Waals surface area contributed by atoms with Gasteiger partial charge in [0.2, 0.25) is 0 Å². The molecule has 0 fully saturated rings. The van der Waals surface area contributed by atoms with Crippen LogP contribution in [0.1, 0.15) is 51.3 Å². The molecular formula is C19H33N3O2S. The molecule has 142 valence electrons. The first-order valence-corrected chi connectivity index (χ1v) is 10.9. The van der Waals surface area contributed by atoms with Crippen LogP contribution in [-0.4, -0.2) is 39.5 Å². The van der Waals surface area contributed by atoms with E-state index in [1.54, 1.807) is 0 Å². The fraction of sp³-hybridized carbons (Fsp3) is 0.632. The van der Waals surface area contributed by atoms with E-state index in [4.69, 9.17) is 0 Å². The summed E-state index contributed by atoms with van der Waals surface area (Å²) in [5, 5.41) is 6.71. The Hall–Kier alpha value is -1.56. The van der Waals surface area contributed by atoms with Crippen LogP contribution in [0.3, 0.4) is 0 Å². The second-order valence-electron chi connectivity index (χ2n) is 7.46. The maximum Gasteiger partial charge on any atom is 0.191 e. The molecule has 25 heavy (non-hydrogen) atoms. The molecule has 2 N–H and O–H groups in total. The lowest BCUT2D eigenvalue weighted by Crippen LogP contribution is -2.39. The van der Waals surface area contributed by atoms with Crippen molar-refractivity contribution >= 4 is 15.8 Å². The van der Waals surface area contributed by atoms with E-state index in [1.165, 1.54) is 17.4 Å². The number of sulfone groups is 1. The summed E-state index contributed by atoms with van der Waals surface area (Å²) in [6.07, 6.45) is 1.88. The third kappa shape index (κ3) is 8.38.